The van der Waals surface area contributed by atoms with Gasteiger partial charge in [-0.3, -0.25) is 0 Å². The Morgan fingerprint density at radius 1 is 1.20 bits per heavy atom. The van der Waals surface area contributed by atoms with Crippen LogP contribution >= 0.6 is 0 Å². The van der Waals surface area contributed by atoms with Crippen molar-refractivity contribution >= 4 is 6.03 Å². The summed E-state index contributed by atoms with van der Waals surface area (Å²) < 4.78 is 16.1. The van der Waals surface area contributed by atoms with Gasteiger partial charge < -0.3 is 24.6 Å². The third kappa shape index (κ3) is 4.20. The largest absolute Gasteiger partial charge is 0.486 e. The number of aromatic nitrogens is 2. The van der Waals surface area contributed by atoms with E-state index in [-0.39, 0.29) is 18.0 Å². The lowest BCUT2D eigenvalue weighted by Gasteiger charge is -2.27. The van der Waals surface area contributed by atoms with Gasteiger partial charge in [0.25, 0.3) is 0 Å². The molecular formula is C17H22N4O4. The number of amides is 2. The Labute approximate surface area is 145 Å². The number of nitrogens with one attached hydrogen (secondary N) is 2. The number of urea groups is 1. The summed E-state index contributed by atoms with van der Waals surface area (Å²) in [5.74, 6) is 2.41. The van der Waals surface area contributed by atoms with Crippen molar-refractivity contribution in [1.82, 2.24) is 20.8 Å². The second-order valence-corrected chi connectivity index (χ2v) is 6.51. The number of carbonyl (C=O) groups is 1. The van der Waals surface area contributed by atoms with Crippen LogP contribution in [0.15, 0.2) is 22.7 Å². The highest BCUT2D eigenvalue weighted by Gasteiger charge is 2.24. The lowest BCUT2D eigenvalue weighted by molar-refractivity contribution is 0.171. The van der Waals surface area contributed by atoms with Crippen molar-refractivity contribution in [3.05, 3.63) is 35.5 Å². The predicted molar refractivity (Wildman–Crippen MR) is 89.7 cm³/mol. The highest BCUT2D eigenvalue weighted by atomic mass is 16.6. The second kappa shape index (κ2) is 7.00. The summed E-state index contributed by atoms with van der Waals surface area (Å²) in [5.41, 5.74) is 0.790. The second-order valence-electron chi connectivity index (χ2n) is 6.51. The molecule has 1 aliphatic heterocycles. The highest BCUT2D eigenvalue weighted by molar-refractivity contribution is 5.73. The van der Waals surface area contributed by atoms with E-state index in [1.54, 1.807) is 6.92 Å². The fourth-order valence-electron chi connectivity index (χ4n) is 2.50. The Bertz CT molecular complexity index is 757. The molecule has 1 aromatic carbocycles. The summed E-state index contributed by atoms with van der Waals surface area (Å²) >= 11 is 0. The number of hydrogen-bond acceptors (Lipinski definition) is 6. The van der Waals surface area contributed by atoms with E-state index in [4.69, 9.17) is 14.0 Å². The molecule has 0 radical (unpaired) electrons. The molecule has 0 saturated carbocycles. The van der Waals surface area contributed by atoms with Crippen LogP contribution in [0.1, 0.15) is 31.1 Å². The van der Waals surface area contributed by atoms with Crippen LogP contribution in [0, 0.1) is 6.92 Å². The smallest absolute Gasteiger partial charge is 0.315 e. The van der Waals surface area contributed by atoms with Gasteiger partial charge in [0.05, 0.1) is 6.54 Å². The van der Waals surface area contributed by atoms with Crippen LogP contribution in [0.2, 0.25) is 0 Å². The molecule has 3 rings (SSSR count). The van der Waals surface area contributed by atoms with E-state index >= 15 is 0 Å². The van der Waals surface area contributed by atoms with E-state index in [1.807, 2.05) is 18.2 Å². The average Bonchev–Trinajstić information content (AvgIpc) is 3.03. The zero-order chi connectivity index (χ0) is 17.9. The molecule has 0 fully saturated rings. The van der Waals surface area contributed by atoms with Gasteiger partial charge >= 0.3 is 6.03 Å². The van der Waals surface area contributed by atoms with Gasteiger partial charge in [0.2, 0.25) is 5.89 Å². The monoisotopic (exact) mass is 346 g/mol. The van der Waals surface area contributed by atoms with Gasteiger partial charge in [0.1, 0.15) is 13.2 Å². The Morgan fingerprint density at radius 2 is 1.96 bits per heavy atom. The van der Waals surface area contributed by atoms with Gasteiger partial charge in [0.15, 0.2) is 17.3 Å². The molecule has 2 amide bonds. The van der Waals surface area contributed by atoms with Crippen molar-refractivity contribution in [2.45, 2.75) is 32.7 Å². The Kier molecular flexibility index (Phi) is 4.78. The zero-order valence-electron chi connectivity index (χ0n) is 14.6. The van der Waals surface area contributed by atoms with Crippen molar-refractivity contribution < 1.29 is 18.8 Å². The number of aryl methyl sites for hydroxylation is 1. The van der Waals surface area contributed by atoms with Crippen LogP contribution < -0.4 is 20.1 Å². The van der Waals surface area contributed by atoms with E-state index in [1.165, 1.54) is 0 Å². The molecule has 8 nitrogen and oxygen atoms in total. The van der Waals surface area contributed by atoms with Gasteiger partial charge in [-0.25, -0.2) is 4.79 Å². The van der Waals surface area contributed by atoms with Crippen LogP contribution in [0.3, 0.4) is 0 Å². The maximum absolute atomic E-state index is 12.0. The maximum atomic E-state index is 12.0. The molecule has 2 heterocycles. The molecule has 0 atom stereocenters. The van der Waals surface area contributed by atoms with Crippen molar-refractivity contribution in [2.75, 3.05) is 19.8 Å². The average molecular weight is 346 g/mol. The molecule has 2 N–H and O–H groups in total. The number of hydrogen-bond donors (Lipinski definition) is 2. The molecule has 1 aliphatic rings. The number of rotatable bonds is 5. The topological polar surface area (TPSA) is 98.5 Å². The lowest BCUT2D eigenvalue weighted by Crippen LogP contribution is -2.42. The zero-order valence-corrected chi connectivity index (χ0v) is 14.6. The summed E-state index contributed by atoms with van der Waals surface area (Å²) in [4.78, 5) is 16.0. The number of benzene rings is 1. The molecule has 1 aromatic heterocycles. The van der Waals surface area contributed by atoms with Gasteiger partial charge in [-0.2, -0.15) is 4.98 Å². The summed E-state index contributed by atoms with van der Waals surface area (Å²) in [6.07, 6.45) is 0. The minimum atomic E-state index is -0.290. The van der Waals surface area contributed by atoms with Crippen LogP contribution in [0.25, 0.3) is 0 Å². The Morgan fingerprint density at radius 3 is 2.68 bits per heavy atom. The summed E-state index contributed by atoms with van der Waals surface area (Å²) in [6.45, 7) is 7.60. The minimum Gasteiger partial charge on any atom is -0.486 e. The fourth-order valence-corrected chi connectivity index (χ4v) is 2.50. The maximum Gasteiger partial charge on any atom is 0.315 e. The first-order valence-corrected chi connectivity index (χ1v) is 8.15. The molecule has 0 spiro atoms. The first kappa shape index (κ1) is 17.1. The van der Waals surface area contributed by atoms with E-state index < -0.39 is 0 Å². The Balaban J connectivity index is 1.54. The van der Waals surface area contributed by atoms with Gasteiger partial charge in [-0.05, 0) is 24.6 Å². The van der Waals surface area contributed by atoms with Crippen molar-refractivity contribution in [1.29, 1.82) is 0 Å². The quantitative estimate of drug-likeness (QED) is 0.858. The van der Waals surface area contributed by atoms with E-state index in [2.05, 4.69) is 34.6 Å². The first-order chi connectivity index (χ1) is 11.9. The third-order valence-corrected chi connectivity index (χ3v) is 3.98. The third-order valence-electron chi connectivity index (χ3n) is 3.98. The molecule has 25 heavy (non-hydrogen) atoms. The van der Waals surface area contributed by atoms with Crippen LogP contribution in [0.4, 0.5) is 4.79 Å². The standard InChI is InChI=1S/C17H22N4O4/c1-11-20-15(25-21-11)9-18-16(22)19-10-17(2,3)12-4-5-13-14(8-12)24-7-6-23-13/h4-5,8H,6-7,9-10H2,1-3H3,(H2,18,19,22). The molecule has 0 saturated heterocycles. The minimum absolute atomic E-state index is 0.192. The first-order valence-electron chi connectivity index (χ1n) is 8.15. The molecule has 2 aromatic rings. The fraction of sp³-hybridized carbons (Fsp3) is 0.471. The molecule has 0 aliphatic carbocycles. The van der Waals surface area contributed by atoms with E-state index in [0.717, 1.165) is 17.1 Å². The molecule has 0 unspecified atom stereocenters. The predicted octanol–water partition coefficient (Wildman–Crippen LogP) is 1.93. The number of ether oxygens (including phenoxy) is 2. The molecule has 8 heteroatoms. The number of fused-ring (bicyclic) bond motifs is 1. The number of carbonyl (C=O) groups excluding carboxylic acids is 1. The summed E-state index contributed by atoms with van der Waals surface area (Å²) in [5, 5.41) is 9.24. The normalized spacial score (nSPS) is 13.4. The summed E-state index contributed by atoms with van der Waals surface area (Å²) in [7, 11) is 0. The van der Waals surface area contributed by atoms with Crippen LogP contribution in [-0.2, 0) is 12.0 Å². The SMILES string of the molecule is Cc1noc(CNC(=O)NCC(C)(C)c2ccc3c(c2)OCCO3)n1. The number of nitrogens with zero attached hydrogens (tertiary/aromatic N) is 2. The highest BCUT2D eigenvalue weighted by Crippen LogP contribution is 2.34. The molecule has 0 bridgehead atoms. The summed E-state index contributed by atoms with van der Waals surface area (Å²) in [6, 6.07) is 5.58. The Hall–Kier alpha value is -2.77. The molecule has 134 valence electrons. The lowest BCUT2D eigenvalue weighted by atomic mass is 9.84. The van der Waals surface area contributed by atoms with E-state index in [9.17, 15) is 4.79 Å². The van der Waals surface area contributed by atoms with Crippen molar-refractivity contribution in [2.24, 2.45) is 0 Å². The molecular weight excluding hydrogens is 324 g/mol. The van der Waals surface area contributed by atoms with Gasteiger partial charge in [-0.1, -0.05) is 25.1 Å². The van der Waals surface area contributed by atoms with Crippen LogP contribution in [-0.4, -0.2) is 35.9 Å². The van der Waals surface area contributed by atoms with E-state index in [0.29, 0.717) is 31.5 Å². The van der Waals surface area contributed by atoms with Gasteiger partial charge in [0, 0.05) is 12.0 Å². The van der Waals surface area contributed by atoms with Crippen LogP contribution in [0.5, 0.6) is 11.5 Å². The van der Waals surface area contributed by atoms with Crippen molar-refractivity contribution in [3.8, 4) is 11.5 Å². The van der Waals surface area contributed by atoms with Gasteiger partial charge in [-0.15, -0.1) is 0 Å². The van der Waals surface area contributed by atoms with Crippen molar-refractivity contribution in [3.63, 3.8) is 0 Å².